The van der Waals surface area contributed by atoms with E-state index < -0.39 is 6.09 Å². The maximum Gasteiger partial charge on any atom is 0.405 e. The highest BCUT2D eigenvalue weighted by Crippen LogP contribution is 2.62. The Balaban J connectivity index is 1.54. The van der Waals surface area contributed by atoms with Crippen molar-refractivity contribution in [3.8, 4) is 16.9 Å². The molecule has 2 N–H and O–H groups in total. The van der Waals surface area contributed by atoms with Gasteiger partial charge in [-0.1, -0.05) is 30.3 Å². The van der Waals surface area contributed by atoms with Crippen molar-refractivity contribution in [3.05, 3.63) is 53.6 Å². The maximum atomic E-state index is 11.2. The lowest BCUT2D eigenvalue weighted by molar-refractivity contribution is 0.146. The Morgan fingerprint density at radius 2 is 1.88 bits per heavy atom. The number of rotatable bonds is 6. The van der Waals surface area contributed by atoms with E-state index in [0.29, 0.717) is 13.2 Å². The molecule has 0 saturated heterocycles. The average Bonchev–Trinajstić information content (AvgIpc) is 3.34. The first-order valence-electron chi connectivity index (χ1n) is 8.96. The minimum absolute atomic E-state index is 0.0689. The van der Waals surface area contributed by atoms with E-state index in [1.165, 1.54) is 5.56 Å². The number of carbonyl (C=O) groups is 1. The molecule has 1 atom stereocenters. The summed E-state index contributed by atoms with van der Waals surface area (Å²) in [5.74, 6) is 0.828. The summed E-state index contributed by atoms with van der Waals surface area (Å²) >= 11 is 0. The Labute approximate surface area is 152 Å². The quantitative estimate of drug-likeness (QED) is 0.770. The summed E-state index contributed by atoms with van der Waals surface area (Å²) in [5.41, 5.74) is 4.79. The molecule has 5 heteroatoms. The van der Waals surface area contributed by atoms with Crippen LogP contribution in [0.1, 0.15) is 30.0 Å². The van der Waals surface area contributed by atoms with Crippen LogP contribution in [0.25, 0.3) is 11.1 Å². The molecule has 0 aliphatic heterocycles. The van der Waals surface area contributed by atoms with E-state index in [1.54, 1.807) is 7.11 Å². The number of fused-ring (bicyclic) bond motifs is 1. The van der Waals surface area contributed by atoms with Crippen molar-refractivity contribution in [1.29, 1.82) is 0 Å². The predicted molar refractivity (Wildman–Crippen MR) is 98.5 cm³/mol. The zero-order valence-corrected chi connectivity index (χ0v) is 14.8. The van der Waals surface area contributed by atoms with Gasteiger partial charge in [0.15, 0.2) is 0 Å². The molecule has 136 valence electrons. The molecule has 1 fully saturated rings. The molecule has 26 heavy (non-hydrogen) atoms. The molecule has 1 spiro atoms. The molecule has 5 nitrogen and oxygen atoms in total. The molecular weight excluding hydrogens is 330 g/mol. The van der Waals surface area contributed by atoms with Crippen LogP contribution >= 0.6 is 0 Å². The Kier molecular flexibility index (Phi) is 4.32. The summed E-state index contributed by atoms with van der Waals surface area (Å²) in [5, 5.41) is 11.9. The van der Waals surface area contributed by atoms with Gasteiger partial charge in [-0.25, -0.2) is 4.79 Å². The summed E-state index contributed by atoms with van der Waals surface area (Å²) in [6, 6.07) is 14.3. The van der Waals surface area contributed by atoms with Crippen LogP contribution in [0.15, 0.2) is 42.5 Å². The summed E-state index contributed by atoms with van der Waals surface area (Å²) in [4.78, 5) is 11.2. The second-order valence-corrected chi connectivity index (χ2v) is 7.20. The fourth-order valence-electron chi connectivity index (χ4n) is 4.00. The minimum Gasteiger partial charge on any atom is -0.491 e. The van der Waals surface area contributed by atoms with Gasteiger partial charge in [0, 0.05) is 7.11 Å². The van der Waals surface area contributed by atoms with Crippen LogP contribution in [0.4, 0.5) is 4.79 Å². The summed E-state index contributed by atoms with van der Waals surface area (Å²) in [6.45, 7) is 1.11. The van der Waals surface area contributed by atoms with Crippen LogP contribution in [-0.4, -0.2) is 31.5 Å². The van der Waals surface area contributed by atoms with Gasteiger partial charge in [-0.15, -0.1) is 0 Å². The molecule has 0 radical (unpaired) electrons. The van der Waals surface area contributed by atoms with Gasteiger partial charge in [-0.2, -0.15) is 0 Å². The lowest BCUT2D eigenvalue weighted by Gasteiger charge is -2.19. The maximum absolute atomic E-state index is 11.2. The second kappa shape index (κ2) is 6.65. The topological polar surface area (TPSA) is 67.8 Å². The van der Waals surface area contributed by atoms with E-state index in [4.69, 9.17) is 14.6 Å². The van der Waals surface area contributed by atoms with Gasteiger partial charge in [0.25, 0.3) is 0 Å². The summed E-state index contributed by atoms with van der Waals surface area (Å²) < 4.78 is 10.6. The van der Waals surface area contributed by atoms with E-state index >= 15 is 0 Å². The Morgan fingerprint density at radius 3 is 2.54 bits per heavy atom. The van der Waals surface area contributed by atoms with E-state index in [9.17, 15) is 4.79 Å². The third kappa shape index (κ3) is 3.15. The molecule has 2 aliphatic carbocycles. The van der Waals surface area contributed by atoms with Crippen molar-refractivity contribution in [3.63, 3.8) is 0 Å². The molecule has 0 aromatic heterocycles. The van der Waals surface area contributed by atoms with E-state index in [1.807, 2.05) is 12.1 Å². The number of amides is 1. The first-order valence-corrected chi connectivity index (χ1v) is 8.96. The number of nitrogens with one attached hydrogen (secondary N) is 1. The van der Waals surface area contributed by atoms with Gasteiger partial charge in [-0.05, 0) is 59.1 Å². The molecule has 2 aromatic carbocycles. The highest BCUT2D eigenvalue weighted by molar-refractivity contribution is 5.69. The fraction of sp³-hybridized carbons (Fsp3) is 0.381. The minimum atomic E-state index is -0.942. The van der Waals surface area contributed by atoms with Crippen LogP contribution in [0.2, 0.25) is 0 Å². The molecule has 2 aromatic rings. The molecule has 2 aliphatic rings. The van der Waals surface area contributed by atoms with Gasteiger partial charge in [0.2, 0.25) is 0 Å². The Bertz CT molecular complexity index is 811. The monoisotopic (exact) mass is 353 g/mol. The zero-order valence-electron chi connectivity index (χ0n) is 14.8. The number of hydrogen-bond acceptors (Lipinski definition) is 3. The van der Waals surface area contributed by atoms with Gasteiger partial charge >= 0.3 is 6.09 Å². The van der Waals surface area contributed by atoms with Gasteiger partial charge < -0.3 is 19.9 Å². The van der Waals surface area contributed by atoms with Crippen molar-refractivity contribution in [2.45, 2.75) is 25.3 Å². The number of carboxylic acid groups (broad SMARTS) is 1. The predicted octanol–water partition coefficient (Wildman–Crippen LogP) is 4.02. The highest BCUT2D eigenvalue weighted by Gasteiger charge is 2.55. The highest BCUT2D eigenvalue weighted by atomic mass is 16.5. The third-order valence-corrected chi connectivity index (χ3v) is 5.51. The molecule has 0 bridgehead atoms. The van der Waals surface area contributed by atoms with Crippen LogP contribution in [-0.2, 0) is 11.2 Å². The fourth-order valence-corrected chi connectivity index (χ4v) is 4.00. The van der Waals surface area contributed by atoms with Gasteiger partial charge in [0.1, 0.15) is 12.4 Å². The largest absolute Gasteiger partial charge is 0.491 e. The molecule has 1 unspecified atom stereocenters. The van der Waals surface area contributed by atoms with Crippen LogP contribution in [0.3, 0.4) is 0 Å². The number of benzene rings is 2. The van der Waals surface area contributed by atoms with E-state index in [2.05, 4.69) is 35.6 Å². The smallest absolute Gasteiger partial charge is 0.405 e. The molecule has 0 heterocycles. The van der Waals surface area contributed by atoms with Crippen LogP contribution < -0.4 is 10.1 Å². The average molecular weight is 353 g/mol. The van der Waals surface area contributed by atoms with Crippen molar-refractivity contribution < 1.29 is 19.4 Å². The van der Waals surface area contributed by atoms with Crippen molar-refractivity contribution in [2.24, 2.45) is 5.41 Å². The van der Waals surface area contributed by atoms with Gasteiger partial charge in [-0.3, -0.25) is 0 Å². The molecule has 1 saturated carbocycles. The number of methoxy groups -OCH3 is 1. The number of hydrogen-bond donors (Lipinski definition) is 2. The van der Waals surface area contributed by atoms with Crippen LogP contribution in [0, 0.1) is 5.41 Å². The van der Waals surface area contributed by atoms with Crippen molar-refractivity contribution >= 4 is 6.09 Å². The van der Waals surface area contributed by atoms with E-state index in [-0.39, 0.29) is 11.5 Å². The zero-order chi connectivity index (χ0) is 18.1. The second-order valence-electron chi connectivity index (χ2n) is 7.20. The lowest BCUT2D eigenvalue weighted by atomic mass is 9.97. The van der Waals surface area contributed by atoms with E-state index in [0.717, 1.165) is 41.7 Å². The molecule has 4 rings (SSSR count). The SMILES string of the molecule is COCCOc1ccc(-c2ccc3c(c2)CC2(CC2)C3NC(=O)O)cc1. The van der Waals surface area contributed by atoms with Crippen LogP contribution in [0.5, 0.6) is 5.75 Å². The molecular formula is C21H23NO4. The first-order chi connectivity index (χ1) is 12.6. The van der Waals surface area contributed by atoms with Crippen molar-refractivity contribution in [1.82, 2.24) is 5.32 Å². The number of ether oxygens (including phenoxy) is 2. The first kappa shape index (κ1) is 16.9. The Morgan fingerprint density at radius 1 is 1.15 bits per heavy atom. The lowest BCUT2D eigenvalue weighted by Crippen LogP contribution is -2.30. The Hall–Kier alpha value is -2.53. The standard InChI is InChI=1S/C21H23NO4/c1-25-10-11-26-17-5-2-14(3-6-17)15-4-7-18-16(12-15)13-21(8-9-21)19(18)22-20(23)24/h2-7,12,19,22H,8-11,13H2,1H3,(H,23,24). The third-order valence-electron chi connectivity index (χ3n) is 5.51. The van der Waals surface area contributed by atoms with Crippen molar-refractivity contribution in [2.75, 3.05) is 20.3 Å². The normalized spacial score (nSPS) is 19.2. The summed E-state index contributed by atoms with van der Waals surface area (Å²) in [6.07, 6.45) is 2.20. The van der Waals surface area contributed by atoms with Gasteiger partial charge in [0.05, 0.1) is 12.6 Å². The molecule has 1 amide bonds. The summed E-state index contributed by atoms with van der Waals surface area (Å²) in [7, 11) is 1.66.